The minimum Gasteiger partial charge on any atom is -0.508 e. The third-order valence-electron chi connectivity index (χ3n) is 3.38. The van der Waals surface area contributed by atoms with Gasteiger partial charge >= 0.3 is 0 Å². The second-order valence-corrected chi connectivity index (χ2v) is 4.82. The van der Waals surface area contributed by atoms with Crippen molar-refractivity contribution in [3.63, 3.8) is 0 Å². The van der Waals surface area contributed by atoms with Crippen LogP contribution in [0.4, 0.5) is 0 Å². The summed E-state index contributed by atoms with van der Waals surface area (Å²) in [6, 6.07) is 7.07. The maximum Gasteiger partial charge on any atom is 0.237 e. The molecule has 2 unspecified atom stereocenters. The molecule has 4 nitrogen and oxygen atoms in total. The van der Waals surface area contributed by atoms with Crippen LogP contribution in [-0.4, -0.2) is 23.6 Å². The van der Waals surface area contributed by atoms with Gasteiger partial charge in [0.2, 0.25) is 5.91 Å². The maximum atomic E-state index is 11.8. The summed E-state index contributed by atoms with van der Waals surface area (Å²) in [7, 11) is 0. The van der Waals surface area contributed by atoms with E-state index in [-0.39, 0.29) is 23.7 Å². The molecule has 1 fully saturated rings. The monoisotopic (exact) mass is 248 g/mol. The third kappa shape index (κ3) is 3.23. The van der Waals surface area contributed by atoms with Gasteiger partial charge in [0.1, 0.15) is 5.75 Å². The molecule has 0 aliphatic carbocycles. The quantitative estimate of drug-likeness (QED) is 0.763. The molecule has 1 aliphatic heterocycles. The number of nitrogens with one attached hydrogen (secondary N) is 2. The number of benzene rings is 1. The van der Waals surface area contributed by atoms with E-state index >= 15 is 0 Å². The zero-order valence-electron chi connectivity index (χ0n) is 10.6. The molecule has 3 N–H and O–H groups in total. The van der Waals surface area contributed by atoms with E-state index in [2.05, 4.69) is 10.6 Å². The van der Waals surface area contributed by atoms with Gasteiger partial charge in [-0.2, -0.15) is 0 Å². The van der Waals surface area contributed by atoms with Crippen LogP contribution in [0, 0.1) is 0 Å². The smallest absolute Gasteiger partial charge is 0.237 e. The minimum absolute atomic E-state index is 0.0955. The van der Waals surface area contributed by atoms with Crippen LogP contribution >= 0.6 is 0 Å². The Morgan fingerprint density at radius 3 is 2.78 bits per heavy atom. The van der Waals surface area contributed by atoms with Gasteiger partial charge in [-0.25, -0.2) is 0 Å². The van der Waals surface area contributed by atoms with E-state index in [0.29, 0.717) is 0 Å². The molecule has 0 spiro atoms. The lowest BCUT2D eigenvalue weighted by molar-refractivity contribution is -0.123. The SMILES string of the molecule is CC(NC1CCCCNC1=O)c1ccc(O)cc1. The number of aromatic hydroxyl groups is 1. The number of carbonyl (C=O) groups excluding carboxylic acids is 1. The summed E-state index contributed by atoms with van der Waals surface area (Å²) in [6.07, 6.45) is 3.00. The van der Waals surface area contributed by atoms with Crippen LogP contribution in [0.1, 0.15) is 37.8 Å². The number of amides is 1. The highest BCUT2D eigenvalue weighted by atomic mass is 16.3. The minimum atomic E-state index is -0.115. The van der Waals surface area contributed by atoms with Crippen molar-refractivity contribution in [3.8, 4) is 5.75 Å². The number of carbonyl (C=O) groups is 1. The fraction of sp³-hybridized carbons (Fsp3) is 0.500. The topological polar surface area (TPSA) is 61.4 Å². The number of hydrogen-bond donors (Lipinski definition) is 3. The number of phenolic OH excluding ortho intramolecular Hbond substituents is 1. The van der Waals surface area contributed by atoms with Crippen LogP contribution in [0.25, 0.3) is 0 Å². The van der Waals surface area contributed by atoms with E-state index in [1.807, 2.05) is 19.1 Å². The molecule has 0 radical (unpaired) electrons. The van der Waals surface area contributed by atoms with Gasteiger partial charge in [0, 0.05) is 12.6 Å². The summed E-state index contributed by atoms with van der Waals surface area (Å²) in [6.45, 7) is 2.81. The molecule has 2 rings (SSSR count). The Bertz CT molecular complexity index is 403. The van der Waals surface area contributed by atoms with Gasteiger partial charge in [0.15, 0.2) is 0 Å². The first-order valence-corrected chi connectivity index (χ1v) is 6.49. The predicted molar refractivity (Wildman–Crippen MR) is 70.3 cm³/mol. The van der Waals surface area contributed by atoms with Crippen molar-refractivity contribution < 1.29 is 9.90 Å². The summed E-state index contributed by atoms with van der Waals surface area (Å²) in [4.78, 5) is 11.8. The number of phenols is 1. The Morgan fingerprint density at radius 2 is 2.06 bits per heavy atom. The number of hydrogen-bond acceptors (Lipinski definition) is 3. The summed E-state index contributed by atoms with van der Waals surface area (Å²) in [5.41, 5.74) is 1.07. The zero-order valence-corrected chi connectivity index (χ0v) is 10.6. The average Bonchev–Trinajstić information content (AvgIpc) is 2.56. The van der Waals surface area contributed by atoms with Gasteiger partial charge in [-0.15, -0.1) is 0 Å². The van der Waals surface area contributed by atoms with Crippen LogP contribution in [0.5, 0.6) is 5.75 Å². The molecule has 1 aromatic rings. The first kappa shape index (κ1) is 12.9. The first-order chi connectivity index (χ1) is 8.66. The molecule has 4 heteroatoms. The Balaban J connectivity index is 1.99. The zero-order chi connectivity index (χ0) is 13.0. The van der Waals surface area contributed by atoms with Gasteiger partial charge in [-0.05, 0) is 43.9 Å². The Labute approximate surface area is 107 Å². The highest BCUT2D eigenvalue weighted by molar-refractivity contribution is 5.81. The molecule has 0 aromatic heterocycles. The molecule has 1 aromatic carbocycles. The van der Waals surface area contributed by atoms with E-state index in [1.54, 1.807) is 12.1 Å². The lowest BCUT2D eigenvalue weighted by Gasteiger charge is -2.21. The van der Waals surface area contributed by atoms with Crippen molar-refractivity contribution in [2.45, 2.75) is 38.3 Å². The molecule has 18 heavy (non-hydrogen) atoms. The van der Waals surface area contributed by atoms with E-state index in [1.165, 1.54) is 0 Å². The van der Waals surface area contributed by atoms with Crippen molar-refractivity contribution >= 4 is 5.91 Å². The maximum absolute atomic E-state index is 11.8. The summed E-state index contributed by atoms with van der Waals surface area (Å²) < 4.78 is 0. The predicted octanol–water partition coefficient (Wildman–Crippen LogP) is 1.71. The normalized spacial score (nSPS) is 22.1. The highest BCUT2D eigenvalue weighted by Crippen LogP contribution is 2.18. The molecule has 2 atom stereocenters. The fourth-order valence-corrected chi connectivity index (χ4v) is 2.26. The second-order valence-electron chi connectivity index (χ2n) is 4.82. The molecule has 98 valence electrons. The average molecular weight is 248 g/mol. The van der Waals surface area contributed by atoms with Crippen LogP contribution in [-0.2, 0) is 4.79 Å². The van der Waals surface area contributed by atoms with E-state index < -0.39 is 0 Å². The van der Waals surface area contributed by atoms with Crippen molar-refractivity contribution in [1.82, 2.24) is 10.6 Å². The van der Waals surface area contributed by atoms with E-state index in [0.717, 1.165) is 31.4 Å². The molecule has 1 amide bonds. The first-order valence-electron chi connectivity index (χ1n) is 6.49. The standard InChI is InChI=1S/C14H20N2O2/c1-10(11-5-7-12(17)8-6-11)16-13-4-2-3-9-15-14(13)18/h5-8,10,13,16-17H,2-4,9H2,1H3,(H,15,18). The highest BCUT2D eigenvalue weighted by Gasteiger charge is 2.22. The largest absolute Gasteiger partial charge is 0.508 e. The van der Waals surface area contributed by atoms with E-state index in [9.17, 15) is 9.90 Å². The molecule has 1 aliphatic rings. The molecule has 1 heterocycles. The van der Waals surface area contributed by atoms with Crippen LogP contribution in [0.2, 0.25) is 0 Å². The van der Waals surface area contributed by atoms with Crippen LogP contribution in [0.3, 0.4) is 0 Å². The van der Waals surface area contributed by atoms with E-state index in [4.69, 9.17) is 0 Å². The molecular formula is C14H20N2O2. The lowest BCUT2D eigenvalue weighted by Crippen LogP contribution is -2.43. The second kappa shape index (κ2) is 5.87. The summed E-state index contributed by atoms with van der Waals surface area (Å²) in [5, 5.41) is 15.5. The van der Waals surface area contributed by atoms with Gasteiger partial charge in [-0.1, -0.05) is 12.1 Å². The molecule has 1 saturated heterocycles. The molecular weight excluding hydrogens is 228 g/mol. The van der Waals surface area contributed by atoms with Gasteiger partial charge in [0.05, 0.1) is 6.04 Å². The Hall–Kier alpha value is -1.55. The van der Waals surface area contributed by atoms with Gasteiger partial charge < -0.3 is 10.4 Å². The van der Waals surface area contributed by atoms with Crippen LogP contribution < -0.4 is 10.6 Å². The van der Waals surface area contributed by atoms with Crippen LogP contribution in [0.15, 0.2) is 24.3 Å². The molecule has 0 bridgehead atoms. The van der Waals surface area contributed by atoms with Gasteiger partial charge in [0.25, 0.3) is 0 Å². The summed E-state index contributed by atoms with van der Waals surface area (Å²) in [5.74, 6) is 0.358. The lowest BCUT2D eigenvalue weighted by atomic mass is 10.1. The van der Waals surface area contributed by atoms with Gasteiger partial charge in [-0.3, -0.25) is 10.1 Å². The van der Waals surface area contributed by atoms with Crippen molar-refractivity contribution in [3.05, 3.63) is 29.8 Å². The molecule has 0 saturated carbocycles. The van der Waals surface area contributed by atoms with Crippen molar-refractivity contribution in [1.29, 1.82) is 0 Å². The summed E-state index contributed by atoms with van der Waals surface area (Å²) >= 11 is 0. The van der Waals surface area contributed by atoms with Crippen molar-refractivity contribution in [2.75, 3.05) is 6.54 Å². The third-order valence-corrected chi connectivity index (χ3v) is 3.38. The fourth-order valence-electron chi connectivity index (χ4n) is 2.26. The van der Waals surface area contributed by atoms with Crippen molar-refractivity contribution in [2.24, 2.45) is 0 Å². The number of rotatable bonds is 3. The Kier molecular flexibility index (Phi) is 4.20. The Morgan fingerprint density at radius 1 is 1.33 bits per heavy atom.